The van der Waals surface area contributed by atoms with Crippen molar-refractivity contribution in [1.29, 1.82) is 0 Å². The van der Waals surface area contributed by atoms with Crippen LogP contribution in [0.1, 0.15) is 29.9 Å². The second-order valence-electron chi connectivity index (χ2n) is 5.53. The van der Waals surface area contributed by atoms with Crippen LogP contribution in [0, 0.1) is 0 Å². The Morgan fingerprint density at radius 3 is 2.74 bits per heavy atom. The number of rotatable bonds is 7. The van der Waals surface area contributed by atoms with Crippen LogP contribution in [0.5, 0.6) is 0 Å². The van der Waals surface area contributed by atoms with Crippen molar-refractivity contribution >= 4 is 33.0 Å². The lowest BCUT2D eigenvalue weighted by molar-refractivity contribution is 0.0514. The molecule has 142 valence electrons. The molecule has 0 atom stereocenters. The van der Waals surface area contributed by atoms with Gasteiger partial charge >= 0.3 is 5.97 Å². The van der Waals surface area contributed by atoms with Gasteiger partial charge in [0.2, 0.25) is 0 Å². The topological polar surface area (TPSA) is 98.5 Å². The van der Waals surface area contributed by atoms with Crippen LogP contribution in [-0.2, 0) is 21.2 Å². The van der Waals surface area contributed by atoms with Gasteiger partial charge in [0, 0.05) is 6.07 Å². The van der Waals surface area contributed by atoms with E-state index in [0.717, 1.165) is 16.9 Å². The van der Waals surface area contributed by atoms with Gasteiger partial charge in [-0.1, -0.05) is 30.3 Å². The fourth-order valence-electron chi connectivity index (χ4n) is 2.41. The quantitative estimate of drug-likeness (QED) is 0.597. The highest BCUT2D eigenvalue weighted by molar-refractivity contribution is 7.94. The Bertz CT molecular complexity index is 1050. The van der Waals surface area contributed by atoms with Crippen LogP contribution in [0.2, 0.25) is 0 Å². The molecule has 0 bridgehead atoms. The number of nitrogens with zero attached hydrogens (tertiary/aromatic N) is 1. The van der Waals surface area contributed by atoms with E-state index in [0.29, 0.717) is 22.7 Å². The fraction of sp³-hybridized carbons (Fsp3) is 0.222. The molecule has 0 spiro atoms. The fourth-order valence-corrected chi connectivity index (χ4v) is 4.77. The van der Waals surface area contributed by atoms with Gasteiger partial charge in [0.05, 0.1) is 17.2 Å². The van der Waals surface area contributed by atoms with Crippen molar-refractivity contribution in [3.63, 3.8) is 0 Å². The lowest BCUT2D eigenvalue weighted by Crippen LogP contribution is -2.12. The largest absolute Gasteiger partial charge is 0.461 e. The average Bonchev–Trinajstić information content (AvgIpc) is 3.32. The van der Waals surface area contributed by atoms with E-state index < -0.39 is 16.0 Å². The molecule has 0 fully saturated rings. The summed E-state index contributed by atoms with van der Waals surface area (Å²) in [5, 5.41) is 3.67. The smallest absolute Gasteiger partial charge is 0.360 e. The molecule has 0 amide bonds. The van der Waals surface area contributed by atoms with Gasteiger partial charge in [-0.2, -0.15) is 0 Å². The van der Waals surface area contributed by atoms with Crippen molar-refractivity contribution < 1.29 is 22.5 Å². The number of sulfonamides is 1. The van der Waals surface area contributed by atoms with Crippen molar-refractivity contribution in [2.24, 2.45) is 0 Å². The molecule has 0 saturated carbocycles. The first-order chi connectivity index (χ1) is 12.9. The molecule has 1 N–H and O–H groups in total. The number of hydrogen-bond donors (Lipinski definition) is 1. The second kappa shape index (κ2) is 7.93. The molecular weight excluding hydrogens is 388 g/mol. The zero-order chi connectivity index (χ0) is 19.4. The summed E-state index contributed by atoms with van der Waals surface area (Å²) >= 11 is 1.03. The predicted molar refractivity (Wildman–Crippen MR) is 102 cm³/mol. The molecule has 3 rings (SSSR count). The predicted octanol–water partition coefficient (Wildman–Crippen LogP) is 3.94. The summed E-state index contributed by atoms with van der Waals surface area (Å²) in [6.45, 7) is 3.88. The molecule has 7 nitrogen and oxygen atoms in total. The average molecular weight is 406 g/mol. The number of esters is 1. The van der Waals surface area contributed by atoms with E-state index in [2.05, 4.69) is 9.88 Å². The van der Waals surface area contributed by atoms with Gasteiger partial charge in [-0.25, -0.2) is 13.2 Å². The Hall–Kier alpha value is -2.65. The molecule has 3 aromatic rings. The molecule has 0 aliphatic heterocycles. The minimum atomic E-state index is -3.74. The van der Waals surface area contributed by atoms with E-state index in [4.69, 9.17) is 9.26 Å². The number of benzene rings is 1. The van der Waals surface area contributed by atoms with E-state index in [9.17, 15) is 13.2 Å². The Morgan fingerprint density at radius 1 is 1.22 bits per heavy atom. The zero-order valence-electron chi connectivity index (χ0n) is 14.8. The van der Waals surface area contributed by atoms with Gasteiger partial charge in [0.15, 0.2) is 11.5 Å². The summed E-state index contributed by atoms with van der Waals surface area (Å²) in [6, 6.07) is 11.8. The van der Waals surface area contributed by atoms with Crippen molar-refractivity contribution in [3.05, 3.63) is 53.7 Å². The number of carbonyl (C=O) groups excluding carboxylic acids is 1. The van der Waals surface area contributed by atoms with Gasteiger partial charge in [-0.3, -0.25) is 4.72 Å². The number of anilines is 1. The zero-order valence-corrected chi connectivity index (χ0v) is 16.4. The third kappa shape index (κ3) is 4.20. The van der Waals surface area contributed by atoms with E-state index in [-0.39, 0.29) is 16.5 Å². The Balaban J connectivity index is 1.83. The minimum Gasteiger partial charge on any atom is -0.461 e. The first-order valence-corrected chi connectivity index (χ1v) is 10.6. The SMILES string of the molecule is CCOC(=O)c1cc(-c2ccc(S(=O)(=O)Nc3ccccc3CC)s2)on1. The summed E-state index contributed by atoms with van der Waals surface area (Å²) < 4.78 is 38.1. The number of aryl methyl sites for hydroxylation is 1. The van der Waals surface area contributed by atoms with Gasteiger partial charge in [-0.15, -0.1) is 11.3 Å². The van der Waals surface area contributed by atoms with E-state index in [1.165, 1.54) is 12.1 Å². The molecular formula is C18H18N2O5S2. The summed E-state index contributed by atoms with van der Waals surface area (Å²) in [6.07, 6.45) is 0.711. The molecule has 0 aliphatic rings. The third-order valence-electron chi connectivity index (χ3n) is 3.73. The normalized spacial score (nSPS) is 11.3. The van der Waals surface area contributed by atoms with Crippen LogP contribution >= 0.6 is 11.3 Å². The second-order valence-corrected chi connectivity index (χ2v) is 8.52. The number of aromatic nitrogens is 1. The van der Waals surface area contributed by atoms with Crippen LogP contribution < -0.4 is 4.72 Å². The van der Waals surface area contributed by atoms with Crippen LogP contribution in [0.4, 0.5) is 5.69 Å². The molecule has 2 heterocycles. The summed E-state index contributed by atoms with van der Waals surface area (Å²) in [5.74, 6) is -0.284. The standard InChI is InChI=1S/C18H18N2O5S2/c1-3-12-7-5-6-8-13(12)20-27(22,23)17-10-9-16(26-17)15-11-14(19-25-15)18(21)24-4-2/h5-11,20H,3-4H2,1-2H3. The maximum absolute atomic E-state index is 12.7. The third-order valence-corrected chi connectivity index (χ3v) is 6.68. The lowest BCUT2D eigenvalue weighted by Gasteiger charge is -2.10. The number of carbonyl (C=O) groups is 1. The summed E-state index contributed by atoms with van der Waals surface area (Å²) in [5.41, 5.74) is 1.51. The van der Waals surface area contributed by atoms with E-state index in [1.54, 1.807) is 25.1 Å². The molecule has 0 aliphatic carbocycles. The van der Waals surface area contributed by atoms with Crippen LogP contribution in [0.25, 0.3) is 10.6 Å². The van der Waals surface area contributed by atoms with Gasteiger partial charge in [-0.05, 0) is 37.1 Å². The van der Waals surface area contributed by atoms with Crippen molar-refractivity contribution in [1.82, 2.24) is 5.16 Å². The molecule has 0 saturated heterocycles. The van der Waals surface area contributed by atoms with Crippen LogP contribution in [0.3, 0.4) is 0 Å². The van der Waals surface area contributed by atoms with Crippen molar-refractivity contribution in [2.75, 3.05) is 11.3 Å². The van der Waals surface area contributed by atoms with E-state index >= 15 is 0 Å². The van der Waals surface area contributed by atoms with Crippen LogP contribution in [0.15, 0.2) is 51.2 Å². The molecule has 1 aromatic carbocycles. The maximum atomic E-state index is 12.7. The van der Waals surface area contributed by atoms with Gasteiger partial charge < -0.3 is 9.26 Å². The first-order valence-electron chi connectivity index (χ1n) is 8.29. The number of thiophene rings is 1. The van der Waals surface area contributed by atoms with Crippen LogP contribution in [-0.4, -0.2) is 26.2 Å². The number of para-hydroxylation sites is 1. The number of nitrogens with one attached hydrogen (secondary N) is 1. The highest BCUT2D eigenvalue weighted by Gasteiger charge is 2.21. The minimum absolute atomic E-state index is 0.0413. The summed E-state index contributed by atoms with van der Waals surface area (Å²) in [7, 11) is -3.74. The number of ether oxygens (including phenoxy) is 1. The maximum Gasteiger partial charge on any atom is 0.360 e. The van der Waals surface area contributed by atoms with E-state index in [1.807, 2.05) is 19.1 Å². The van der Waals surface area contributed by atoms with Crippen molar-refractivity contribution in [3.8, 4) is 10.6 Å². The molecule has 0 unspecified atom stereocenters. The molecule has 0 radical (unpaired) electrons. The Morgan fingerprint density at radius 2 is 2.00 bits per heavy atom. The molecule has 9 heteroatoms. The molecule has 27 heavy (non-hydrogen) atoms. The highest BCUT2D eigenvalue weighted by Crippen LogP contribution is 2.32. The monoisotopic (exact) mass is 406 g/mol. The molecule has 2 aromatic heterocycles. The Labute approximate surface area is 161 Å². The lowest BCUT2D eigenvalue weighted by atomic mass is 10.1. The van der Waals surface area contributed by atoms with Crippen molar-refractivity contribution in [2.45, 2.75) is 24.5 Å². The number of hydrogen-bond acceptors (Lipinski definition) is 7. The van der Waals surface area contributed by atoms with Gasteiger partial charge in [0.1, 0.15) is 4.21 Å². The first kappa shape index (κ1) is 19.1. The Kier molecular flexibility index (Phi) is 5.62. The highest BCUT2D eigenvalue weighted by atomic mass is 32.2. The van der Waals surface area contributed by atoms with Gasteiger partial charge in [0.25, 0.3) is 10.0 Å². The summed E-state index contributed by atoms with van der Waals surface area (Å²) in [4.78, 5) is 12.2.